The molecule has 0 saturated carbocycles. The minimum atomic E-state index is -0.568. The number of aromatic amines is 1. The van der Waals surface area contributed by atoms with Crippen molar-refractivity contribution < 1.29 is 14.6 Å². The summed E-state index contributed by atoms with van der Waals surface area (Å²) in [6.45, 7) is 1.80. The lowest BCUT2D eigenvalue weighted by Crippen LogP contribution is -2.01. The summed E-state index contributed by atoms with van der Waals surface area (Å²) in [5, 5.41) is 9.56. The van der Waals surface area contributed by atoms with Crippen LogP contribution in [0.3, 0.4) is 0 Å². The smallest absolute Gasteiger partial charge is 0.341 e. The number of rotatable bonds is 1. The van der Waals surface area contributed by atoms with Crippen molar-refractivity contribution in [2.45, 2.75) is 6.92 Å². The van der Waals surface area contributed by atoms with Gasteiger partial charge in [-0.3, -0.25) is 0 Å². The first-order chi connectivity index (χ1) is 7.11. The van der Waals surface area contributed by atoms with Crippen LogP contribution in [-0.2, 0) is 4.74 Å². The number of esters is 1. The van der Waals surface area contributed by atoms with Crippen molar-refractivity contribution in [1.82, 2.24) is 9.97 Å². The van der Waals surface area contributed by atoms with Crippen molar-refractivity contribution in [2.75, 3.05) is 7.11 Å². The van der Waals surface area contributed by atoms with Gasteiger partial charge in [0.25, 0.3) is 0 Å². The van der Waals surface area contributed by atoms with Gasteiger partial charge in [-0.2, -0.15) is 0 Å². The molecule has 15 heavy (non-hydrogen) atoms. The predicted octanol–water partition coefficient (Wildman–Crippen LogP) is 1.36. The zero-order chi connectivity index (χ0) is 11.0. The molecule has 1 heterocycles. The summed E-state index contributed by atoms with van der Waals surface area (Å²) in [4.78, 5) is 18.4. The second-order valence-electron chi connectivity index (χ2n) is 3.20. The van der Waals surface area contributed by atoms with E-state index < -0.39 is 5.97 Å². The molecule has 0 aliphatic rings. The molecule has 0 aliphatic carbocycles. The highest BCUT2D eigenvalue weighted by Crippen LogP contribution is 2.24. The van der Waals surface area contributed by atoms with Crippen molar-refractivity contribution in [3.8, 4) is 5.75 Å². The summed E-state index contributed by atoms with van der Waals surface area (Å²) in [5.41, 5.74) is 1.46. The Morgan fingerprint density at radius 2 is 2.27 bits per heavy atom. The molecule has 0 atom stereocenters. The Balaban J connectivity index is 2.66. The molecule has 1 aromatic heterocycles. The maximum Gasteiger partial charge on any atom is 0.341 e. The summed E-state index contributed by atoms with van der Waals surface area (Å²) in [6.07, 6.45) is 0. The second kappa shape index (κ2) is 3.27. The number of nitrogens with zero attached hydrogens (tertiary/aromatic N) is 1. The number of hydrogen-bond acceptors (Lipinski definition) is 4. The van der Waals surface area contributed by atoms with Gasteiger partial charge in [-0.1, -0.05) is 0 Å². The first-order valence-electron chi connectivity index (χ1n) is 4.39. The minimum absolute atomic E-state index is 0.124. The van der Waals surface area contributed by atoms with Gasteiger partial charge in [0.05, 0.1) is 18.1 Å². The molecule has 0 spiro atoms. The van der Waals surface area contributed by atoms with E-state index in [9.17, 15) is 9.90 Å². The van der Waals surface area contributed by atoms with Gasteiger partial charge in [0, 0.05) is 6.07 Å². The maximum absolute atomic E-state index is 11.3. The first-order valence-corrected chi connectivity index (χ1v) is 4.39. The normalized spacial score (nSPS) is 10.5. The van der Waals surface area contributed by atoms with Gasteiger partial charge in [-0.15, -0.1) is 0 Å². The number of ether oxygens (including phenoxy) is 1. The highest BCUT2D eigenvalue weighted by atomic mass is 16.5. The molecule has 0 unspecified atom stereocenters. The molecule has 0 aliphatic heterocycles. The number of H-pyrrole nitrogens is 1. The number of nitrogens with one attached hydrogen (secondary N) is 1. The Morgan fingerprint density at radius 1 is 1.53 bits per heavy atom. The summed E-state index contributed by atoms with van der Waals surface area (Å²) < 4.78 is 4.54. The fourth-order valence-electron chi connectivity index (χ4n) is 1.45. The van der Waals surface area contributed by atoms with Gasteiger partial charge in [0.15, 0.2) is 0 Å². The SMILES string of the molecule is COC(=O)c1cc2[nH]c(C)nc2cc1O. The predicted molar refractivity (Wildman–Crippen MR) is 53.8 cm³/mol. The van der Waals surface area contributed by atoms with Gasteiger partial charge < -0.3 is 14.8 Å². The van der Waals surface area contributed by atoms with Crippen LogP contribution < -0.4 is 0 Å². The van der Waals surface area contributed by atoms with E-state index in [4.69, 9.17) is 0 Å². The van der Waals surface area contributed by atoms with E-state index in [1.54, 1.807) is 6.92 Å². The topological polar surface area (TPSA) is 75.2 Å². The average molecular weight is 206 g/mol. The van der Waals surface area contributed by atoms with Crippen LogP contribution in [0.5, 0.6) is 5.75 Å². The first kappa shape index (κ1) is 9.51. The highest BCUT2D eigenvalue weighted by Gasteiger charge is 2.13. The minimum Gasteiger partial charge on any atom is -0.507 e. The van der Waals surface area contributed by atoms with E-state index in [0.717, 1.165) is 5.82 Å². The second-order valence-corrected chi connectivity index (χ2v) is 3.20. The summed E-state index contributed by atoms with van der Waals surface area (Å²) in [7, 11) is 1.27. The number of aryl methyl sites for hydroxylation is 1. The number of carbonyl (C=O) groups is 1. The third kappa shape index (κ3) is 1.52. The summed E-state index contributed by atoms with van der Waals surface area (Å²) in [6, 6.07) is 2.96. The number of hydrogen-bond donors (Lipinski definition) is 2. The number of phenolic OH excluding ortho intramolecular Hbond substituents is 1. The molecule has 2 aromatic rings. The molecular formula is C10H10N2O3. The van der Waals surface area contributed by atoms with E-state index in [0.29, 0.717) is 11.0 Å². The van der Waals surface area contributed by atoms with Crippen LogP contribution in [0.1, 0.15) is 16.2 Å². The van der Waals surface area contributed by atoms with Gasteiger partial charge >= 0.3 is 5.97 Å². The highest BCUT2D eigenvalue weighted by molar-refractivity contribution is 5.96. The quantitative estimate of drug-likeness (QED) is 0.691. The van der Waals surface area contributed by atoms with Gasteiger partial charge in [-0.05, 0) is 13.0 Å². The molecule has 0 fully saturated rings. The Labute approximate surface area is 85.7 Å². The number of imidazole rings is 1. The number of methoxy groups -OCH3 is 1. The van der Waals surface area contributed by atoms with Crippen molar-refractivity contribution in [3.05, 3.63) is 23.5 Å². The fraction of sp³-hybridized carbons (Fsp3) is 0.200. The number of carbonyl (C=O) groups excluding carboxylic acids is 1. The molecule has 2 N–H and O–H groups in total. The van der Waals surface area contributed by atoms with Crippen LogP contribution in [0.2, 0.25) is 0 Å². The van der Waals surface area contributed by atoms with Crippen LogP contribution in [0.15, 0.2) is 12.1 Å². The van der Waals surface area contributed by atoms with Gasteiger partial charge in [-0.25, -0.2) is 9.78 Å². The van der Waals surface area contributed by atoms with Gasteiger partial charge in [0.1, 0.15) is 17.1 Å². The van der Waals surface area contributed by atoms with Gasteiger partial charge in [0.2, 0.25) is 0 Å². The Morgan fingerprint density at radius 3 is 2.93 bits per heavy atom. The summed E-state index contributed by atoms with van der Waals surface area (Å²) in [5.74, 6) is 0.0360. The lowest BCUT2D eigenvalue weighted by molar-refractivity contribution is 0.0597. The molecule has 0 saturated heterocycles. The van der Waals surface area contributed by atoms with Crippen LogP contribution >= 0.6 is 0 Å². The lowest BCUT2D eigenvalue weighted by Gasteiger charge is -2.01. The molecule has 1 aromatic carbocycles. The van der Waals surface area contributed by atoms with Crippen LogP contribution in [0.25, 0.3) is 11.0 Å². The number of benzene rings is 1. The van der Waals surface area contributed by atoms with Crippen molar-refractivity contribution in [2.24, 2.45) is 0 Å². The molecule has 78 valence electrons. The lowest BCUT2D eigenvalue weighted by atomic mass is 10.2. The number of phenols is 1. The van der Waals surface area contributed by atoms with E-state index >= 15 is 0 Å². The molecule has 2 rings (SSSR count). The third-order valence-electron chi connectivity index (χ3n) is 2.12. The molecule has 5 heteroatoms. The molecular weight excluding hydrogens is 196 g/mol. The number of aromatic hydroxyl groups is 1. The average Bonchev–Trinajstić information content (AvgIpc) is 2.55. The molecule has 0 radical (unpaired) electrons. The van der Waals surface area contributed by atoms with Crippen LogP contribution in [0, 0.1) is 6.92 Å². The number of fused-ring (bicyclic) bond motifs is 1. The van der Waals surface area contributed by atoms with E-state index in [1.165, 1.54) is 19.2 Å². The molecule has 0 amide bonds. The molecule has 0 bridgehead atoms. The maximum atomic E-state index is 11.3. The molecule has 5 nitrogen and oxygen atoms in total. The monoisotopic (exact) mass is 206 g/mol. The third-order valence-corrected chi connectivity index (χ3v) is 2.12. The fourth-order valence-corrected chi connectivity index (χ4v) is 1.45. The van der Waals surface area contributed by atoms with Crippen LogP contribution in [0.4, 0.5) is 0 Å². The number of aromatic nitrogens is 2. The van der Waals surface area contributed by atoms with E-state index in [1.807, 2.05) is 0 Å². The zero-order valence-electron chi connectivity index (χ0n) is 8.37. The van der Waals surface area contributed by atoms with Crippen molar-refractivity contribution in [3.63, 3.8) is 0 Å². The standard InChI is InChI=1S/C10H10N2O3/c1-5-11-7-3-6(10(14)15-2)9(13)4-8(7)12-5/h3-4,13H,1-2H3,(H,11,12). The Bertz CT molecular complexity index is 531. The Hall–Kier alpha value is -2.04. The van der Waals surface area contributed by atoms with E-state index in [2.05, 4.69) is 14.7 Å². The Kier molecular flexibility index (Phi) is 2.07. The van der Waals surface area contributed by atoms with Crippen LogP contribution in [-0.4, -0.2) is 28.2 Å². The summed E-state index contributed by atoms with van der Waals surface area (Å²) >= 11 is 0. The van der Waals surface area contributed by atoms with Crippen molar-refractivity contribution >= 4 is 17.0 Å². The van der Waals surface area contributed by atoms with Crippen molar-refractivity contribution in [1.29, 1.82) is 0 Å². The zero-order valence-corrected chi connectivity index (χ0v) is 8.37. The largest absolute Gasteiger partial charge is 0.507 e. The van der Waals surface area contributed by atoms with E-state index in [-0.39, 0.29) is 11.3 Å².